The molecule has 0 aliphatic heterocycles. The van der Waals surface area contributed by atoms with Crippen molar-refractivity contribution in [2.75, 3.05) is 0 Å². The third-order valence-corrected chi connectivity index (χ3v) is 7.78. The lowest BCUT2D eigenvalue weighted by Gasteiger charge is -2.12. The number of nitrogens with zero attached hydrogens (tertiary/aromatic N) is 6. The Morgan fingerprint density at radius 3 is 2.14 bits per heavy atom. The van der Waals surface area contributed by atoms with Crippen LogP contribution in [0.25, 0.3) is 21.9 Å². The summed E-state index contributed by atoms with van der Waals surface area (Å²) in [6, 6.07) is 33.8. The van der Waals surface area contributed by atoms with Gasteiger partial charge >= 0.3 is 5.69 Å². The minimum absolute atomic E-state index is 0.156. The number of benzene rings is 4. The molecule has 9 nitrogen and oxygen atoms in total. The van der Waals surface area contributed by atoms with Gasteiger partial charge < -0.3 is 8.98 Å². The molecule has 0 saturated carbocycles. The van der Waals surface area contributed by atoms with Gasteiger partial charge in [-0.2, -0.15) is 0 Å². The molecular formula is C34H28N6O3. The van der Waals surface area contributed by atoms with Gasteiger partial charge in [0.05, 0.1) is 18.8 Å². The quantitative estimate of drug-likeness (QED) is 0.250. The summed E-state index contributed by atoms with van der Waals surface area (Å²) in [6.45, 7) is 2.53. The first-order valence-electron chi connectivity index (χ1n) is 14.1. The van der Waals surface area contributed by atoms with E-state index in [1.165, 1.54) is 4.57 Å². The number of hydrogen-bond donors (Lipinski definition) is 0. The lowest BCUT2D eigenvalue weighted by Crippen LogP contribution is -2.41. The third kappa shape index (κ3) is 5.05. The molecular weight excluding hydrogens is 540 g/mol. The van der Waals surface area contributed by atoms with Crippen molar-refractivity contribution in [3.8, 4) is 0 Å². The van der Waals surface area contributed by atoms with E-state index in [0.717, 1.165) is 32.0 Å². The highest BCUT2D eigenvalue weighted by atomic mass is 16.4. The van der Waals surface area contributed by atoms with Crippen LogP contribution in [0.15, 0.2) is 123 Å². The van der Waals surface area contributed by atoms with Crippen LogP contribution in [-0.4, -0.2) is 28.9 Å². The van der Waals surface area contributed by atoms with Crippen LogP contribution in [0.4, 0.5) is 0 Å². The summed E-state index contributed by atoms with van der Waals surface area (Å²) in [6.07, 6.45) is 1.61. The highest BCUT2D eigenvalue weighted by molar-refractivity contribution is 5.83. The van der Waals surface area contributed by atoms with Crippen LogP contribution >= 0.6 is 0 Å². The second kappa shape index (κ2) is 11.0. The van der Waals surface area contributed by atoms with Gasteiger partial charge in [0, 0.05) is 6.54 Å². The average molecular weight is 569 g/mol. The molecule has 3 aromatic heterocycles. The molecule has 1 unspecified atom stereocenters. The van der Waals surface area contributed by atoms with E-state index in [2.05, 4.69) is 39.4 Å². The first-order valence-corrected chi connectivity index (χ1v) is 14.1. The number of hydrogen-bond acceptors (Lipinski definition) is 6. The van der Waals surface area contributed by atoms with E-state index in [0.29, 0.717) is 23.6 Å². The molecule has 0 spiro atoms. The van der Waals surface area contributed by atoms with Crippen molar-refractivity contribution in [2.45, 2.75) is 32.5 Å². The molecule has 0 amide bonds. The molecule has 9 heteroatoms. The monoisotopic (exact) mass is 568 g/mol. The van der Waals surface area contributed by atoms with E-state index in [1.54, 1.807) is 10.9 Å². The van der Waals surface area contributed by atoms with Gasteiger partial charge in [-0.1, -0.05) is 103 Å². The summed E-state index contributed by atoms with van der Waals surface area (Å²) in [5, 5.41) is 10.8. The summed E-state index contributed by atoms with van der Waals surface area (Å²) in [7, 11) is 0. The summed E-state index contributed by atoms with van der Waals surface area (Å²) >= 11 is 0. The van der Waals surface area contributed by atoms with Gasteiger partial charge in [-0.15, -0.1) is 10.2 Å². The van der Waals surface area contributed by atoms with Crippen LogP contribution in [0.5, 0.6) is 0 Å². The van der Waals surface area contributed by atoms with Gasteiger partial charge in [0.1, 0.15) is 6.54 Å². The molecule has 0 aliphatic carbocycles. The lowest BCUT2D eigenvalue weighted by molar-refractivity contribution is 0.421. The van der Waals surface area contributed by atoms with Gasteiger partial charge in [0.2, 0.25) is 11.8 Å². The first kappa shape index (κ1) is 26.3. The molecule has 7 aromatic rings. The summed E-state index contributed by atoms with van der Waals surface area (Å²) in [4.78, 5) is 32.3. The maximum absolute atomic E-state index is 13.9. The van der Waals surface area contributed by atoms with Crippen molar-refractivity contribution >= 4 is 21.9 Å². The van der Waals surface area contributed by atoms with Crippen molar-refractivity contribution in [3.05, 3.63) is 159 Å². The van der Waals surface area contributed by atoms with Crippen LogP contribution in [0.3, 0.4) is 0 Å². The fraction of sp³-hybridized carbons (Fsp3) is 0.147. The first-order chi connectivity index (χ1) is 21.0. The molecule has 1 atom stereocenters. The molecule has 3 heterocycles. The minimum Gasteiger partial charge on any atom is -0.423 e. The number of imidazole rings is 1. The lowest BCUT2D eigenvalue weighted by atomic mass is 9.98. The van der Waals surface area contributed by atoms with Gasteiger partial charge in [0.15, 0.2) is 11.2 Å². The van der Waals surface area contributed by atoms with E-state index >= 15 is 0 Å². The van der Waals surface area contributed by atoms with Gasteiger partial charge in [0.25, 0.3) is 5.56 Å². The molecule has 0 N–H and O–H groups in total. The van der Waals surface area contributed by atoms with Crippen molar-refractivity contribution in [1.29, 1.82) is 0 Å². The third-order valence-electron chi connectivity index (χ3n) is 7.78. The SMILES string of the molecule is CC(c1ccc2ccccc2c1)c1nnc(Cn2c(=O)c3c(ncn3Cc3ccccc3)n(Cc3ccccc3)c2=O)o1. The molecule has 212 valence electrons. The van der Waals surface area contributed by atoms with Crippen LogP contribution in [0.1, 0.15) is 41.3 Å². The summed E-state index contributed by atoms with van der Waals surface area (Å²) in [5.74, 6) is 0.423. The van der Waals surface area contributed by atoms with Crippen LogP contribution in [0, 0.1) is 0 Å². The van der Waals surface area contributed by atoms with Crippen LogP contribution in [0.2, 0.25) is 0 Å². The second-order valence-electron chi connectivity index (χ2n) is 10.6. The summed E-state index contributed by atoms with van der Waals surface area (Å²) < 4.78 is 10.5. The number of aromatic nitrogens is 6. The molecule has 7 rings (SSSR count). The fourth-order valence-electron chi connectivity index (χ4n) is 5.45. The van der Waals surface area contributed by atoms with Gasteiger partial charge in [-0.25, -0.2) is 14.3 Å². The Morgan fingerprint density at radius 1 is 0.721 bits per heavy atom. The van der Waals surface area contributed by atoms with Crippen molar-refractivity contribution in [3.63, 3.8) is 0 Å². The van der Waals surface area contributed by atoms with Gasteiger partial charge in [-0.05, 0) is 34.4 Å². The zero-order valence-electron chi connectivity index (χ0n) is 23.5. The maximum atomic E-state index is 13.9. The highest BCUT2D eigenvalue weighted by Gasteiger charge is 2.22. The highest BCUT2D eigenvalue weighted by Crippen LogP contribution is 2.26. The van der Waals surface area contributed by atoms with Crippen molar-refractivity contribution in [2.24, 2.45) is 0 Å². The second-order valence-corrected chi connectivity index (χ2v) is 10.6. The van der Waals surface area contributed by atoms with Crippen LogP contribution in [-0.2, 0) is 19.6 Å². The van der Waals surface area contributed by atoms with Crippen molar-refractivity contribution < 1.29 is 4.42 Å². The standard InChI is InChI=1S/C34H28N6O3/c1-23(27-17-16-26-14-8-9-15-28(26)18-27)32-37-36-29(43-32)21-40-33(41)30-31(35-22-38(30)19-24-10-4-2-5-11-24)39(34(40)42)20-25-12-6-3-7-13-25/h2-18,22-23H,19-21H2,1H3. The minimum atomic E-state index is -0.492. The average Bonchev–Trinajstić information content (AvgIpc) is 3.69. The summed E-state index contributed by atoms with van der Waals surface area (Å²) in [5.41, 5.74) is 2.68. The Kier molecular flexibility index (Phi) is 6.75. The zero-order valence-corrected chi connectivity index (χ0v) is 23.5. The number of fused-ring (bicyclic) bond motifs is 2. The normalized spacial score (nSPS) is 12.2. The Bertz CT molecular complexity index is 2180. The van der Waals surface area contributed by atoms with E-state index in [4.69, 9.17) is 4.42 Å². The zero-order chi connectivity index (χ0) is 29.3. The Morgan fingerprint density at radius 2 is 1.40 bits per heavy atom. The smallest absolute Gasteiger partial charge is 0.333 e. The van der Waals surface area contributed by atoms with Crippen LogP contribution < -0.4 is 11.2 Å². The molecule has 0 radical (unpaired) electrons. The molecule has 0 aliphatic rings. The maximum Gasteiger partial charge on any atom is 0.333 e. The molecule has 43 heavy (non-hydrogen) atoms. The van der Waals surface area contributed by atoms with E-state index in [-0.39, 0.29) is 24.9 Å². The van der Waals surface area contributed by atoms with Crippen molar-refractivity contribution in [1.82, 2.24) is 28.9 Å². The molecule has 0 fully saturated rings. The molecule has 0 saturated heterocycles. The fourth-order valence-corrected chi connectivity index (χ4v) is 5.45. The predicted octanol–water partition coefficient (Wildman–Crippen LogP) is 5.19. The molecule has 0 bridgehead atoms. The predicted molar refractivity (Wildman–Crippen MR) is 164 cm³/mol. The molecule has 4 aromatic carbocycles. The number of rotatable bonds is 8. The Balaban J connectivity index is 1.28. The van der Waals surface area contributed by atoms with Gasteiger partial charge in [-0.3, -0.25) is 9.36 Å². The topological polar surface area (TPSA) is 101 Å². The Labute approximate surface area is 246 Å². The largest absolute Gasteiger partial charge is 0.423 e. The van der Waals surface area contributed by atoms with E-state index in [1.807, 2.05) is 85.8 Å². The van der Waals surface area contributed by atoms with E-state index < -0.39 is 11.2 Å². The van der Waals surface area contributed by atoms with E-state index in [9.17, 15) is 9.59 Å². The Hall–Kier alpha value is -5.57.